The number of methoxy groups -OCH3 is 3. The molecule has 0 aromatic heterocycles. The van der Waals surface area contributed by atoms with Gasteiger partial charge >= 0.3 is 0 Å². The molecule has 2 rings (SSSR count). The lowest BCUT2D eigenvalue weighted by Gasteiger charge is -2.04. The molecule has 64 valence electrons. The Morgan fingerprint density at radius 3 is 1.50 bits per heavy atom. The van der Waals surface area contributed by atoms with Gasteiger partial charge < -0.3 is 14.2 Å². The maximum atomic E-state index is 5.17. The molecule has 3 heteroatoms. The molecule has 0 unspecified atom stereocenters. The maximum absolute atomic E-state index is 5.17. The smallest absolute Gasteiger partial charge is 0.204 e. The average Bonchev–Trinajstić information content (AvgIpc) is 2.80. The molecule has 0 amide bonds. The van der Waals surface area contributed by atoms with Crippen LogP contribution in [0, 0.1) is 0 Å². The highest BCUT2D eigenvalue weighted by Crippen LogP contribution is 2.59. The predicted molar refractivity (Wildman–Crippen MR) is 45.1 cm³/mol. The summed E-state index contributed by atoms with van der Waals surface area (Å²) in [7, 11) is 4.87. The summed E-state index contributed by atoms with van der Waals surface area (Å²) in [5.74, 6) is 2.27. The molecule has 0 saturated carbocycles. The van der Waals surface area contributed by atoms with Crippen molar-refractivity contribution in [1.82, 2.24) is 0 Å². The van der Waals surface area contributed by atoms with Gasteiger partial charge in [0, 0.05) is 11.1 Å². The Balaban J connectivity index is 2.50. The molecule has 3 nitrogen and oxygen atoms in total. The number of ether oxygens (including phenoxy) is 3. The van der Waals surface area contributed by atoms with E-state index in [9.17, 15) is 0 Å². The lowest BCUT2D eigenvalue weighted by molar-refractivity contribution is 0.332. The molecular formula is C9H10O3. The highest BCUT2D eigenvalue weighted by Gasteiger charge is 2.32. The van der Waals surface area contributed by atoms with Crippen LogP contribution in [0.1, 0.15) is 0 Å². The van der Waals surface area contributed by atoms with E-state index >= 15 is 0 Å². The van der Waals surface area contributed by atoms with Crippen molar-refractivity contribution in [3.63, 3.8) is 0 Å². The Hall–Kier alpha value is -1.38. The summed E-state index contributed by atoms with van der Waals surface area (Å²) in [6.45, 7) is 0. The van der Waals surface area contributed by atoms with Gasteiger partial charge in [0.25, 0.3) is 0 Å². The molecule has 0 radical (unpaired) electrons. The molecule has 0 spiro atoms. The average molecular weight is 166 g/mol. The van der Waals surface area contributed by atoms with Crippen LogP contribution in [0.4, 0.5) is 0 Å². The minimum Gasteiger partial charge on any atom is -0.492 e. The van der Waals surface area contributed by atoms with E-state index in [0.29, 0.717) is 5.75 Å². The minimum absolute atomic E-state index is 0.701. The first-order valence-corrected chi connectivity index (χ1v) is 3.66. The maximum Gasteiger partial charge on any atom is 0.204 e. The van der Waals surface area contributed by atoms with Gasteiger partial charge in [-0.15, -0.1) is 0 Å². The van der Waals surface area contributed by atoms with Crippen LogP contribution >= 0.6 is 0 Å². The van der Waals surface area contributed by atoms with E-state index in [0.717, 1.165) is 22.6 Å². The van der Waals surface area contributed by atoms with Gasteiger partial charge in [-0.25, -0.2) is 0 Å². The van der Waals surface area contributed by atoms with Gasteiger partial charge in [-0.1, -0.05) is 0 Å². The normalized spacial score (nSPS) is 10.9. The molecule has 0 aromatic carbocycles. The van der Waals surface area contributed by atoms with E-state index in [1.54, 1.807) is 21.3 Å². The van der Waals surface area contributed by atoms with Crippen molar-refractivity contribution in [1.29, 1.82) is 0 Å². The fourth-order valence-electron chi connectivity index (χ4n) is 1.42. The molecule has 12 heavy (non-hydrogen) atoms. The highest BCUT2D eigenvalue weighted by molar-refractivity contribution is 5.98. The molecule has 2 aliphatic rings. The third-order valence-electron chi connectivity index (χ3n) is 2.01. The summed E-state index contributed by atoms with van der Waals surface area (Å²) < 4.78 is 15.5. The number of fused-ring (bicyclic) bond motifs is 1. The van der Waals surface area contributed by atoms with Crippen LogP contribution in [0.25, 0.3) is 11.1 Å². The van der Waals surface area contributed by atoms with Crippen molar-refractivity contribution in [3.8, 4) is 28.4 Å². The Bertz CT molecular complexity index is 303. The first-order valence-electron chi connectivity index (χ1n) is 3.66. The third-order valence-corrected chi connectivity index (χ3v) is 2.01. The Labute approximate surface area is 70.9 Å². The van der Waals surface area contributed by atoms with Gasteiger partial charge in [0.05, 0.1) is 21.3 Å². The van der Waals surface area contributed by atoms with Crippen molar-refractivity contribution in [3.05, 3.63) is 6.07 Å². The zero-order chi connectivity index (χ0) is 8.72. The van der Waals surface area contributed by atoms with E-state index in [-0.39, 0.29) is 0 Å². The summed E-state index contributed by atoms with van der Waals surface area (Å²) in [6, 6.07) is 2.01. The molecular weight excluding hydrogens is 156 g/mol. The monoisotopic (exact) mass is 166 g/mol. The topological polar surface area (TPSA) is 27.7 Å². The lowest BCUT2D eigenvalue weighted by Crippen LogP contribution is -1.89. The Morgan fingerprint density at radius 2 is 1.17 bits per heavy atom. The fraction of sp³-hybridized carbons (Fsp3) is 0.333. The second-order valence-corrected chi connectivity index (χ2v) is 2.57. The Kier molecular flexibility index (Phi) is 1.40. The molecule has 0 heterocycles. The Morgan fingerprint density at radius 1 is 0.750 bits per heavy atom. The first kappa shape index (κ1) is 7.28. The largest absolute Gasteiger partial charge is 0.492 e. The van der Waals surface area contributed by atoms with E-state index in [2.05, 4.69) is 0 Å². The standard InChI is InChI=1S/C9H10O3/c1-10-7-5-4-6(5)8(11-2)9(7)12-3/h4H,1-3H3. The summed E-state index contributed by atoms with van der Waals surface area (Å²) >= 11 is 0. The molecule has 0 aromatic rings. The second-order valence-electron chi connectivity index (χ2n) is 2.57. The van der Waals surface area contributed by atoms with Gasteiger partial charge in [-0.05, 0) is 6.07 Å². The van der Waals surface area contributed by atoms with E-state index in [1.807, 2.05) is 6.07 Å². The van der Waals surface area contributed by atoms with Crippen molar-refractivity contribution >= 4 is 0 Å². The molecule has 0 saturated heterocycles. The summed E-state index contributed by atoms with van der Waals surface area (Å²) in [5, 5.41) is 0. The van der Waals surface area contributed by atoms with Crippen LogP contribution in [-0.2, 0) is 0 Å². The molecule has 0 aliphatic heterocycles. The zero-order valence-corrected chi connectivity index (χ0v) is 7.30. The summed E-state index contributed by atoms with van der Waals surface area (Å²) in [6.07, 6.45) is 0. The van der Waals surface area contributed by atoms with E-state index in [1.165, 1.54) is 0 Å². The van der Waals surface area contributed by atoms with Crippen molar-refractivity contribution < 1.29 is 14.2 Å². The van der Waals surface area contributed by atoms with Crippen LogP contribution in [0.2, 0.25) is 0 Å². The first-order chi connectivity index (χ1) is 5.83. The highest BCUT2D eigenvalue weighted by atomic mass is 16.5. The number of hydrogen-bond acceptors (Lipinski definition) is 3. The third kappa shape index (κ3) is 0.706. The molecule has 0 N–H and O–H groups in total. The number of rotatable bonds is 3. The quantitative estimate of drug-likeness (QED) is 0.694. The fourth-order valence-corrected chi connectivity index (χ4v) is 1.42. The van der Waals surface area contributed by atoms with Crippen LogP contribution in [0.3, 0.4) is 0 Å². The SMILES string of the molecule is COc1c2cc-2c(OC)c1OC. The summed E-state index contributed by atoms with van der Waals surface area (Å²) in [4.78, 5) is 0. The van der Waals surface area contributed by atoms with Gasteiger partial charge in [-0.3, -0.25) is 0 Å². The zero-order valence-electron chi connectivity index (χ0n) is 7.30. The molecule has 0 atom stereocenters. The minimum atomic E-state index is 0.701. The summed E-state index contributed by atoms with van der Waals surface area (Å²) in [5.41, 5.74) is 2.21. The second kappa shape index (κ2) is 2.30. The van der Waals surface area contributed by atoms with Gasteiger partial charge in [-0.2, -0.15) is 0 Å². The van der Waals surface area contributed by atoms with Crippen LogP contribution in [-0.4, -0.2) is 21.3 Å². The van der Waals surface area contributed by atoms with E-state index < -0.39 is 0 Å². The van der Waals surface area contributed by atoms with Gasteiger partial charge in [0.15, 0.2) is 11.5 Å². The molecule has 2 aliphatic carbocycles. The molecule has 0 bridgehead atoms. The van der Waals surface area contributed by atoms with Crippen LogP contribution < -0.4 is 14.2 Å². The van der Waals surface area contributed by atoms with Crippen molar-refractivity contribution in [2.45, 2.75) is 0 Å². The lowest BCUT2D eigenvalue weighted by atomic mass is 10.4. The number of benzene rings is 1. The van der Waals surface area contributed by atoms with Crippen LogP contribution in [0.15, 0.2) is 6.07 Å². The van der Waals surface area contributed by atoms with Gasteiger partial charge in [0.2, 0.25) is 5.75 Å². The van der Waals surface area contributed by atoms with Gasteiger partial charge in [0.1, 0.15) is 0 Å². The number of hydrogen-bond donors (Lipinski definition) is 0. The van der Waals surface area contributed by atoms with Crippen molar-refractivity contribution in [2.75, 3.05) is 21.3 Å². The van der Waals surface area contributed by atoms with Crippen LogP contribution in [0.5, 0.6) is 17.2 Å². The molecule has 0 fully saturated rings. The predicted octanol–water partition coefficient (Wildman–Crippen LogP) is 1.69. The van der Waals surface area contributed by atoms with Crippen molar-refractivity contribution in [2.24, 2.45) is 0 Å². The van der Waals surface area contributed by atoms with E-state index in [4.69, 9.17) is 14.2 Å².